The maximum atomic E-state index is 3.18. The van der Waals surface area contributed by atoms with Gasteiger partial charge in [-0.1, -0.05) is 5.92 Å². The molecule has 0 radical (unpaired) electrons. The van der Waals surface area contributed by atoms with Crippen LogP contribution in [-0.4, -0.2) is 24.0 Å². The Morgan fingerprint density at radius 2 is 2.00 bits per heavy atom. The van der Waals surface area contributed by atoms with Crippen molar-refractivity contribution in [2.75, 3.05) is 13.1 Å². The predicted molar refractivity (Wildman–Crippen MR) is 43.6 cm³/mol. The number of hydrogen-bond acceptors (Lipinski definition) is 1. The van der Waals surface area contributed by atoms with Crippen molar-refractivity contribution in [3.8, 4) is 11.8 Å². The minimum Gasteiger partial charge on any atom is -0.298 e. The Balaban J connectivity index is 2.22. The summed E-state index contributed by atoms with van der Waals surface area (Å²) in [4.78, 5) is 2.44. The molecule has 0 N–H and O–H groups in total. The van der Waals surface area contributed by atoms with Crippen molar-refractivity contribution in [3.63, 3.8) is 0 Å². The van der Waals surface area contributed by atoms with Crippen molar-refractivity contribution in [2.45, 2.75) is 26.8 Å². The lowest BCUT2D eigenvalue weighted by atomic mass is 9.99. The molecule has 1 heteroatoms. The van der Waals surface area contributed by atoms with E-state index < -0.39 is 0 Å². The van der Waals surface area contributed by atoms with Crippen molar-refractivity contribution in [2.24, 2.45) is 5.92 Å². The van der Waals surface area contributed by atoms with Crippen molar-refractivity contribution < 1.29 is 0 Å². The molecule has 0 unspecified atom stereocenters. The third-order valence-electron chi connectivity index (χ3n) is 1.99. The molecule has 0 atom stereocenters. The van der Waals surface area contributed by atoms with E-state index in [1.807, 2.05) is 6.92 Å². The zero-order valence-corrected chi connectivity index (χ0v) is 7.02. The molecule has 1 saturated heterocycles. The summed E-state index contributed by atoms with van der Waals surface area (Å²) in [6, 6.07) is 0.704. The summed E-state index contributed by atoms with van der Waals surface area (Å²) >= 11 is 0. The van der Waals surface area contributed by atoms with Crippen LogP contribution in [0, 0.1) is 17.8 Å². The van der Waals surface area contributed by atoms with Crippen LogP contribution in [0.4, 0.5) is 0 Å². The second-order valence-corrected chi connectivity index (χ2v) is 3.14. The van der Waals surface area contributed by atoms with Crippen LogP contribution in [-0.2, 0) is 0 Å². The quantitative estimate of drug-likeness (QED) is 0.493. The molecule has 10 heavy (non-hydrogen) atoms. The highest BCUT2D eigenvalue weighted by Gasteiger charge is 2.26. The molecule has 0 saturated carbocycles. The smallest absolute Gasteiger partial charge is 0.0457 e. The van der Waals surface area contributed by atoms with Crippen LogP contribution in [0.1, 0.15) is 20.8 Å². The summed E-state index contributed by atoms with van der Waals surface area (Å²) in [5.74, 6) is 6.79. The van der Waals surface area contributed by atoms with Crippen molar-refractivity contribution in [1.29, 1.82) is 0 Å². The van der Waals surface area contributed by atoms with Gasteiger partial charge in [0.15, 0.2) is 0 Å². The summed E-state index contributed by atoms with van der Waals surface area (Å²) < 4.78 is 0. The first kappa shape index (κ1) is 7.63. The standard InChI is InChI=1S/C9H15N/c1-4-5-9-6-10(7-9)8(2)3/h8-9H,6-7H2,1-3H3. The minimum atomic E-state index is 0.660. The van der Waals surface area contributed by atoms with E-state index in [0.29, 0.717) is 12.0 Å². The Morgan fingerprint density at radius 3 is 2.40 bits per heavy atom. The van der Waals surface area contributed by atoms with Gasteiger partial charge in [0.1, 0.15) is 0 Å². The number of rotatable bonds is 1. The van der Waals surface area contributed by atoms with Gasteiger partial charge in [0.25, 0.3) is 0 Å². The van der Waals surface area contributed by atoms with Crippen LogP contribution in [0.3, 0.4) is 0 Å². The van der Waals surface area contributed by atoms with Gasteiger partial charge in [0.2, 0.25) is 0 Å². The molecule has 1 rings (SSSR count). The van der Waals surface area contributed by atoms with Gasteiger partial charge in [-0.05, 0) is 20.8 Å². The molecular weight excluding hydrogens is 122 g/mol. The van der Waals surface area contributed by atoms with Crippen LogP contribution < -0.4 is 0 Å². The van der Waals surface area contributed by atoms with Crippen molar-refractivity contribution >= 4 is 0 Å². The van der Waals surface area contributed by atoms with E-state index in [1.165, 1.54) is 13.1 Å². The van der Waals surface area contributed by atoms with Gasteiger partial charge in [-0.3, -0.25) is 4.90 Å². The molecule has 0 aromatic carbocycles. The normalized spacial score (nSPS) is 20.0. The van der Waals surface area contributed by atoms with Crippen LogP contribution in [0.2, 0.25) is 0 Å². The highest BCUT2D eigenvalue weighted by Crippen LogP contribution is 2.16. The van der Waals surface area contributed by atoms with E-state index >= 15 is 0 Å². The lowest BCUT2D eigenvalue weighted by Crippen LogP contribution is -2.49. The van der Waals surface area contributed by atoms with Gasteiger partial charge in [-0.15, -0.1) is 5.92 Å². The maximum absolute atomic E-state index is 3.18. The molecule has 1 nitrogen and oxygen atoms in total. The topological polar surface area (TPSA) is 3.24 Å². The third kappa shape index (κ3) is 1.52. The van der Waals surface area contributed by atoms with Gasteiger partial charge >= 0.3 is 0 Å². The van der Waals surface area contributed by atoms with E-state index in [-0.39, 0.29) is 0 Å². The molecule has 0 bridgehead atoms. The van der Waals surface area contributed by atoms with Gasteiger partial charge < -0.3 is 0 Å². The average Bonchev–Trinajstić information content (AvgIpc) is 1.76. The van der Waals surface area contributed by atoms with Crippen molar-refractivity contribution in [1.82, 2.24) is 4.90 Å². The average molecular weight is 137 g/mol. The Kier molecular flexibility index (Phi) is 2.34. The van der Waals surface area contributed by atoms with Crippen molar-refractivity contribution in [3.05, 3.63) is 0 Å². The Bertz CT molecular complexity index is 155. The summed E-state index contributed by atoms with van der Waals surface area (Å²) in [7, 11) is 0. The first-order chi connectivity index (χ1) is 4.74. The van der Waals surface area contributed by atoms with E-state index in [0.717, 1.165) is 0 Å². The number of nitrogens with zero attached hydrogens (tertiary/aromatic N) is 1. The molecule has 1 fully saturated rings. The Hall–Kier alpha value is -0.480. The van der Waals surface area contributed by atoms with Gasteiger partial charge in [-0.25, -0.2) is 0 Å². The highest BCUT2D eigenvalue weighted by atomic mass is 15.2. The van der Waals surface area contributed by atoms with Crippen LogP contribution in [0.25, 0.3) is 0 Å². The Morgan fingerprint density at radius 1 is 1.40 bits per heavy atom. The molecule has 56 valence electrons. The van der Waals surface area contributed by atoms with Crippen LogP contribution in [0.15, 0.2) is 0 Å². The maximum Gasteiger partial charge on any atom is 0.0457 e. The second-order valence-electron chi connectivity index (χ2n) is 3.14. The molecule has 0 amide bonds. The largest absolute Gasteiger partial charge is 0.298 e. The molecular formula is C9H15N. The summed E-state index contributed by atoms with van der Waals surface area (Å²) in [6.45, 7) is 8.74. The van der Waals surface area contributed by atoms with E-state index in [2.05, 4.69) is 30.6 Å². The van der Waals surface area contributed by atoms with E-state index in [1.54, 1.807) is 0 Å². The molecule has 0 aliphatic carbocycles. The molecule has 1 heterocycles. The van der Waals surface area contributed by atoms with Gasteiger partial charge in [0.05, 0.1) is 0 Å². The molecule has 1 aliphatic heterocycles. The highest BCUT2D eigenvalue weighted by molar-refractivity contribution is 5.07. The first-order valence-electron chi connectivity index (χ1n) is 3.90. The van der Waals surface area contributed by atoms with Crippen LogP contribution >= 0.6 is 0 Å². The van der Waals surface area contributed by atoms with E-state index in [4.69, 9.17) is 0 Å². The zero-order valence-electron chi connectivity index (χ0n) is 7.02. The second kappa shape index (κ2) is 3.07. The monoisotopic (exact) mass is 137 g/mol. The van der Waals surface area contributed by atoms with Crippen LogP contribution in [0.5, 0.6) is 0 Å². The Labute approximate surface area is 63.4 Å². The lowest BCUT2D eigenvalue weighted by Gasteiger charge is -2.39. The molecule has 0 spiro atoms. The lowest BCUT2D eigenvalue weighted by molar-refractivity contribution is 0.0991. The molecule has 1 aliphatic rings. The fourth-order valence-corrected chi connectivity index (χ4v) is 1.23. The summed E-state index contributed by atoms with van der Waals surface area (Å²) in [5, 5.41) is 0. The van der Waals surface area contributed by atoms with Gasteiger partial charge in [-0.2, -0.15) is 0 Å². The number of likely N-dealkylation sites (tertiary alicyclic amines) is 1. The predicted octanol–water partition coefficient (Wildman–Crippen LogP) is 1.35. The van der Waals surface area contributed by atoms with Gasteiger partial charge in [0, 0.05) is 25.0 Å². The summed E-state index contributed by atoms with van der Waals surface area (Å²) in [5.41, 5.74) is 0. The zero-order chi connectivity index (χ0) is 7.56. The SMILES string of the molecule is CC#CC1CN(C(C)C)C1. The summed E-state index contributed by atoms with van der Waals surface area (Å²) in [6.07, 6.45) is 0. The fraction of sp³-hybridized carbons (Fsp3) is 0.778. The fourth-order valence-electron chi connectivity index (χ4n) is 1.23. The van der Waals surface area contributed by atoms with E-state index in [9.17, 15) is 0 Å². The third-order valence-corrected chi connectivity index (χ3v) is 1.99. The first-order valence-corrected chi connectivity index (χ1v) is 3.90. The number of hydrogen-bond donors (Lipinski definition) is 0. The minimum absolute atomic E-state index is 0.660. The molecule has 0 aromatic rings. The molecule has 0 aromatic heterocycles.